The molecule has 2 aromatic carbocycles. The number of fused-ring (bicyclic) bond motifs is 1. The number of rotatable bonds is 7. The van der Waals surface area contributed by atoms with Crippen LogP contribution in [0.15, 0.2) is 71.0 Å². The Kier molecular flexibility index (Phi) is 5.76. The van der Waals surface area contributed by atoms with Crippen molar-refractivity contribution in [3.05, 3.63) is 87.8 Å². The topological polar surface area (TPSA) is 81.9 Å². The van der Waals surface area contributed by atoms with E-state index in [1.807, 2.05) is 37.3 Å². The maximum Gasteiger partial charge on any atom is 0.262 e. The average molecular weight is 421 g/mol. The van der Waals surface area contributed by atoms with Gasteiger partial charge in [-0.05, 0) is 36.8 Å². The minimum Gasteiger partial charge on any atom is -0.485 e. The first-order valence-electron chi connectivity index (χ1n) is 9.25. The summed E-state index contributed by atoms with van der Waals surface area (Å²) in [6, 6.07) is 16.0. The van der Waals surface area contributed by atoms with Crippen molar-refractivity contribution in [2.45, 2.75) is 13.5 Å². The first-order valence-corrected chi connectivity index (χ1v) is 10.1. The van der Waals surface area contributed by atoms with Crippen molar-refractivity contribution in [3.63, 3.8) is 0 Å². The van der Waals surface area contributed by atoms with E-state index < -0.39 is 0 Å². The van der Waals surface area contributed by atoms with Crippen LogP contribution in [0.25, 0.3) is 4.96 Å². The Morgan fingerprint density at radius 2 is 1.97 bits per heavy atom. The van der Waals surface area contributed by atoms with Crippen LogP contribution in [-0.4, -0.2) is 21.9 Å². The molecule has 0 fully saturated rings. The van der Waals surface area contributed by atoms with Gasteiger partial charge in [-0.3, -0.25) is 14.0 Å². The second kappa shape index (κ2) is 8.79. The van der Waals surface area contributed by atoms with Crippen LogP contribution in [0.1, 0.15) is 11.3 Å². The van der Waals surface area contributed by atoms with Crippen molar-refractivity contribution in [1.82, 2.24) is 9.38 Å². The highest BCUT2D eigenvalue weighted by atomic mass is 32.1. The lowest BCUT2D eigenvalue weighted by atomic mass is 10.2. The molecule has 2 heterocycles. The molecule has 0 aliphatic carbocycles. The zero-order valence-corrected chi connectivity index (χ0v) is 17.0. The van der Waals surface area contributed by atoms with Gasteiger partial charge in [0.25, 0.3) is 11.5 Å². The third kappa shape index (κ3) is 4.66. The van der Waals surface area contributed by atoms with Crippen LogP contribution in [0, 0.1) is 6.92 Å². The Labute approximate surface area is 176 Å². The quantitative estimate of drug-likeness (QED) is 0.492. The lowest BCUT2D eigenvalue weighted by molar-refractivity contribution is -0.118. The van der Waals surface area contributed by atoms with Crippen molar-refractivity contribution in [2.24, 2.45) is 0 Å². The zero-order chi connectivity index (χ0) is 20.9. The molecule has 0 spiro atoms. The van der Waals surface area contributed by atoms with E-state index in [4.69, 9.17) is 9.47 Å². The molecule has 8 heteroatoms. The van der Waals surface area contributed by atoms with Crippen molar-refractivity contribution in [1.29, 1.82) is 0 Å². The number of carbonyl (C=O) groups is 1. The van der Waals surface area contributed by atoms with Gasteiger partial charge in [-0.25, -0.2) is 4.98 Å². The van der Waals surface area contributed by atoms with Crippen LogP contribution in [0.3, 0.4) is 0 Å². The highest BCUT2D eigenvalue weighted by Gasteiger charge is 2.11. The molecule has 0 saturated heterocycles. The van der Waals surface area contributed by atoms with Gasteiger partial charge >= 0.3 is 0 Å². The van der Waals surface area contributed by atoms with E-state index in [1.54, 1.807) is 29.8 Å². The molecular weight excluding hydrogens is 402 g/mol. The van der Waals surface area contributed by atoms with Crippen LogP contribution in [0.4, 0.5) is 5.69 Å². The van der Waals surface area contributed by atoms with Crippen molar-refractivity contribution in [3.8, 4) is 11.5 Å². The molecule has 7 nitrogen and oxygen atoms in total. The number of hydrogen-bond donors (Lipinski definition) is 1. The van der Waals surface area contributed by atoms with Gasteiger partial charge in [0, 0.05) is 17.6 Å². The first kappa shape index (κ1) is 19.7. The molecule has 2 aromatic heterocycles. The van der Waals surface area contributed by atoms with E-state index in [2.05, 4.69) is 10.3 Å². The van der Waals surface area contributed by atoms with Gasteiger partial charge in [0.1, 0.15) is 18.1 Å². The second-order valence-electron chi connectivity index (χ2n) is 6.58. The van der Waals surface area contributed by atoms with Crippen LogP contribution in [0.5, 0.6) is 11.5 Å². The van der Waals surface area contributed by atoms with E-state index in [9.17, 15) is 9.59 Å². The van der Waals surface area contributed by atoms with E-state index >= 15 is 0 Å². The van der Waals surface area contributed by atoms with Gasteiger partial charge in [-0.15, -0.1) is 11.3 Å². The molecule has 0 unspecified atom stereocenters. The van der Waals surface area contributed by atoms with Gasteiger partial charge < -0.3 is 14.8 Å². The van der Waals surface area contributed by atoms with Crippen molar-refractivity contribution in [2.75, 3.05) is 11.9 Å². The smallest absolute Gasteiger partial charge is 0.262 e. The molecule has 152 valence electrons. The Balaban J connectivity index is 1.44. The van der Waals surface area contributed by atoms with Crippen molar-refractivity contribution >= 4 is 27.9 Å². The molecule has 0 aliphatic rings. The number of nitrogens with one attached hydrogen (secondary N) is 1. The van der Waals surface area contributed by atoms with Crippen LogP contribution in [0.2, 0.25) is 0 Å². The monoisotopic (exact) mass is 421 g/mol. The molecule has 4 aromatic rings. The van der Waals surface area contributed by atoms with Crippen molar-refractivity contribution < 1.29 is 14.3 Å². The number of aryl methyl sites for hydroxylation is 1. The number of anilines is 1. The van der Waals surface area contributed by atoms with Crippen LogP contribution in [-0.2, 0) is 11.4 Å². The Hall–Kier alpha value is -3.65. The summed E-state index contributed by atoms with van der Waals surface area (Å²) in [5, 5.41) is 4.61. The summed E-state index contributed by atoms with van der Waals surface area (Å²) in [6.07, 6.45) is 1.69. The fourth-order valence-electron chi connectivity index (χ4n) is 2.82. The fraction of sp³-hybridized carbons (Fsp3) is 0.136. The van der Waals surface area contributed by atoms with Gasteiger partial charge in [0.2, 0.25) is 0 Å². The summed E-state index contributed by atoms with van der Waals surface area (Å²) in [5.74, 6) is 0.814. The number of benzene rings is 2. The Bertz CT molecular complexity index is 1230. The molecule has 4 rings (SSSR count). The Morgan fingerprint density at radius 1 is 1.13 bits per heavy atom. The summed E-state index contributed by atoms with van der Waals surface area (Å²) >= 11 is 1.38. The normalized spacial score (nSPS) is 10.7. The molecule has 0 atom stereocenters. The number of carbonyl (C=O) groups excluding carboxylic acids is 1. The van der Waals surface area contributed by atoms with Crippen LogP contribution >= 0.6 is 11.3 Å². The third-order valence-corrected chi connectivity index (χ3v) is 5.01. The number of amides is 1. The highest BCUT2D eigenvalue weighted by Crippen LogP contribution is 2.26. The minimum atomic E-state index is -0.302. The summed E-state index contributed by atoms with van der Waals surface area (Å²) in [5.41, 5.74) is 1.87. The molecular formula is C22H19N3O4S. The highest BCUT2D eigenvalue weighted by molar-refractivity contribution is 7.15. The number of thiazole rings is 1. The number of para-hydroxylation sites is 1. The second-order valence-corrected chi connectivity index (χ2v) is 7.45. The maximum absolute atomic E-state index is 12.3. The minimum absolute atomic E-state index is 0.108. The summed E-state index contributed by atoms with van der Waals surface area (Å²) < 4.78 is 12.9. The lowest BCUT2D eigenvalue weighted by Gasteiger charge is -2.14. The first-order chi connectivity index (χ1) is 14.6. The SMILES string of the molecule is Cc1ccc(NC(=O)COc2ccccc2)c(OCc2cc(=O)n3ccsc3n2)c1. The predicted molar refractivity (Wildman–Crippen MR) is 115 cm³/mol. The number of ether oxygens (including phenoxy) is 2. The number of hydrogen-bond acceptors (Lipinski definition) is 6. The standard InChI is InChI=1S/C22H19N3O4S/c1-15-7-8-18(24-20(26)14-28-17-5-3-2-4-6-17)19(11-15)29-13-16-12-21(27)25-9-10-30-22(25)23-16/h2-12H,13-14H2,1H3,(H,24,26). The van der Waals surface area contributed by atoms with E-state index in [1.165, 1.54) is 21.8 Å². The fourth-order valence-corrected chi connectivity index (χ4v) is 3.56. The third-order valence-electron chi connectivity index (χ3n) is 4.26. The lowest BCUT2D eigenvalue weighted by Crippen LogP contribution is -2.20. The van der Waals surface area contributed by atoms with E-state index in [0.29, 0.717) is 27.8 Å². The molecule has 1 amide bonds. The molecule has 0 bridgehead atoms. The van der Waals surface area contributed by atoms with Crippen LogP contribution < -0.4 is 20.3 Å². The Morgan fingerprint density at radius 3 is 2.80 bits per heavy atom. The molecule has 0 radical (unpaired) electrons. The molecule has 0 saturated carbocycles. The summed E-state index contributed by atoms with van der Waals surface area (Å²) in [4.78, 5) is 29.5. The molecule has 30 heavy (non-hydrogen) atoms. The average Bonchev–Trinajstić information content (AvgIpc) is 3.22. The van der Waals surface area contributed by atoms with Gasteiger partial charge in [-0.2, -0.15) is 0 Å². The van der Waals surface area contributed by atoms with E-state index in [-0.39, 0.29) is 24.7 Å². The largest absolute Gasteiger partial charge is 0.485 e. The van der Waals surface area contributed by atoms with Gasteiger partial charge in [0.05, 0.1) is 11.4 Å². The number of aromatic nitrogens is 2. The van der Waals surface area contributed by atoms with Gasteiger partial charge in [0.15, 0.2) is 11.6 Å². The summed E-state index contributed by atoms with van der Waals surface area (Å²) in [7, 11) is 0. The van der Waals surface area contributed by atoms with E-state index in [0.717, 1.165) is 5.56 Å². The molecule has 0 aliphatic heterocycles. The predicted octanol–water partition coefficient (Wildman–Crippen LogP) is 3.66. The maximum atomic E-state index is 12.3. The summed E-state index contributed by atoms with van der Waals surface area (Å²) in [6.45, 7) is 1.92. The van der Waals surface area contributed by atoms with Gasteiger partial charge in [-0.1, -0.05) is 24.3 Å². The number of nitrogens with zero attached hydrogens (tertiary/aromatic N) is 2. The molecule has 1 N–H and O–H groups in total. The zero-order valence-electron chi connectivity index (χ0n) is 16.2.